The Bertz CT molecular complexity index is 91.4. The van der Waals surface area contributed by atoms with Gasteiger partial charge in [-0.25, -0.2) is 0 Å². The number of hydrogen-bond donors (Lipinski definition) is 0. The Morgan fingerprint density at radius 2 is 1.80 bits per heavy atom. The molecule has 0 aliphatic carbocycles. The van der Waals surface area contributed by atoms with E-state index in [1.807, 2.05) is 0 Å². The summed E-state index contributed by atoms with van der Waals surface area (Å²) < 4.78 is 0. The summed E-state index contributed by atoms with van der Waals surface area (Å²) in [5.41, 5.74) is 0. The van der Waals surface area contributed by atoms with Crippen LogP contribution in [0.25, 0.3) is 0 Å². The maximum atomic E-state index is 2.43. The van der Waals surface area contributed by atoms with E-state index in [4.69, 9.17) is 0 Å². The zero-order valence-electron chi connectivity index (χ0n) is 7.30. The van der Waals surface area contributed by atoms with E-state index >= 15 is 0 Å². The van der Waals surface area contributed by atoms with Gasteiger partial charge in [0.1, 0.15) is 0 Å². The predicted molar refractivity (Wildman–Crippen MR) is 44.2 cm³/mol. The molecule has 1 aliphatic heterocycles. The minimum absolute atomic E-state index is 0.768. The fraction of sp³-hybridized carbons (Fsp3) is 1.00. The summed E-state index contributed by atoms with van der Waals surface area (Å²) in [4.78, 5) is 4.84. The molecule has 1 saturated heterocycles. The third-order valence-electron chi connectivity index (χ3n) is 2.52. The molecule has 10 heavy (non-hydrogen) atoms. The van der Waals surface area contributed by atoms with Gasteiger partial charge >= 0.3 is 0 Å². The minimum Gasteiger partial charge on any atom is -0.305 e. The zero-order valence-corrected chi connectivity index (χ0v) is 7.30. The SMILES string of the molecule is CC1CCN(C)CCN1C. The zero-order chi connectivity index (χ0) is 7.56. The first-order valence-corrected chi connectivity index (χ1v) is 4.09. The van der Waals surface area contributed by atoms with Crippen LogP contribution in [0.15, 0.2) is 0 Å². The Morgan fingerprint density at radius 3 is 2.50 bits per heavy atom. The summed E-state index contributed by atoms with van der Waals surface area (Å²) in [6.45, 7) is 6.00. The molecule has 0 spiro atoms. The van der Waals surface area contributed by atoms with Crippen molar-refractivity contribution in [3.8, 4) is 0 Å². The van der Waals surface area contributed by atoms with Crippen LogP contribution in [0.4, 0.5) is 0 Å². The van der Waals surface area contributed by atoms with E-state index in [1.54, 1.807) is 0 Å². The molecule has 0 N–H and O–H groups in total. The maximum absolute atomic E-state index is 2.43. The molecule has 1 heterocycles. The van der Waals surface area contributed by atoms with Crippen LogP contribution in [-0.2, 0) is 0 Å². The Morgan fingerprint density at radius 1 is 1.10 bits per heavy atom. The van der Waals surface area contributed by atoms with Crippen LogP contribution in [0.2, 0.25) is 0 Å². The molecule has 0 radical (unpaired) electrons. The molecular weight excluding hydrogens is 124 g/mol. The summed E-state index contributed by atoms with van der Waals surface area (Å²) >= 11 is 0. The summed E-state index contributed by atoms with van der Waals surface area (Å²) in [6.07, 6.45) is 1.31. The van der Waals surface area contributed by atoms with E-state index in [9.17, 15) is 0 Å². The molecule has 0 bridgehead atoms. The summed E-state index contributed by atoms with van der Waals surface area (Å²) in [5, 5.41) is 0. The fourth-order valence-corrected chi connectivity index (χ4v) is 1.29. The Kier molecular flexibility index (Phi) is 2.69. The number of likely N-dealkylation sites (N-methyl/N-ethyl adjacent to an activating group) is 2. The van der Waals surface area contributed by atoms with Crippen molar-refractivity contribution in [2.24, 2.45) is 0 Å². The normalized spacial score (nSPS) is 32.1. The number of nitrogens with zero attached hydrogens (tertiary/aromatic N) is 2. The van der Waals surface area contributed by atoms with Gasteiger partial charge in [-0.05, 0) is 34.0 Å². The molecule has 2 nitrogen and oxygen atoms in total. The van der Waals surface area contributed by atoms with Crippen molar-refractivity contribution in [1.82, 2.24) is 9.80 Å². The smallest absolute Gasteiger partial charge is 0.0109 e. The lowest BCUT2D eigenvalue weighted by atomic mass is 10.2. The highest BCUT2D eigenvalue weighted by atomic mass is 15.2. The number of hydrogen-bond acceptors (Lipinski definition) is 2. The summed E-state index contributed by atoms with van der Waals surface area (Å²) in [7, 11) is 4.41. The van der Waals surface area contributed by atoms with Gasteiger partial charge in [-0.1, -0.05) is 0 Å². The first-order valence-electron chi connectivity index (χ1n) is 4.09. The third kappa shape index (κ3) is 1.96. The summed E-state index contributed by atoms with van der Waals surface area (Å²) in [6, 6.07) is 0.768. The van der Waals surface area contributed by atoms with Crippen LogP contribution in [0.5, 0.6) is 0 Å². The largest absolute Gasteiger partial charge is 0.305 e. The van der Waals surface area contributed by atoms with E-state index in [0.29, 0.717) is 0 Å². The van der Waals surface area contributed by atoms with Crippen molar-refractivity contribution >= 4 is 0 Å². The van der Waals surface area contributed by atoms with Crippen molar-refractivity contribution < 1.29 is 0 Å². The molecule has 1 rings (SSSR count). The second kappa shape index (κ2) is 3.35. The Hall–Kier alpha value is -0.0800. The fourth-order valence-electron chi connectivity index (χ4n) is 1.29. The van der Waals surface area contributed by atoms with Gasteiger partial charge < -0.3 is 9.80 Å². The van der Waals surface area contributed by atoms with Crippen molar-refractivity contribution in [1.29, 1.82) is 0 Å². The van der Waals surface area contributed by atoms with Crippen LogP contribution < -0.4 is 0 Å². The van der Waals surface area contributed by atoms with Crippen LogP contribution >= 0.6 is 0 Å². The molecule has 0 amide bonds. The van der Waals surface area contributed by atoms with E-state index < -0.39 is 0 Å². The van der Waals surface area contributed by atoms with Gasteiger partial charge in [0.2, 0.25) is 0 Å². The van der Waals surface area contributed by atoms with Crippen molar-refractivity contribution in [3.63, 3.8) is 0 Å². The molecule has 0 aromatic carbocycles. The highest BCUT2D eigenvalue weighted by molar-refractivity contribution is 4.70. The molecule has 60 valence electrons. The van der Waals surface area contributed by atoms with Gasteiger partial charge in [0.15, 0.2) is 0 Å². The second-order valence-electron chi connectivity index (χ2n) is 3.42. The van der Waals surface area contributed by atoms with Crippen molar-refractivity contribution in [3.05, 3.63) is 0 Å². The van der Waals surface area contributed by atoms with E-state index in [1.165, 1.54) is 26.1 Å². The molecule has 0 saturated carbocycles. The van der Waals surface area contributed by atoms with Gasteiger partial charge in [-0.3, -0.25) is 0 Å². The van der Waals surface area contributed by atoms with Gasteiger partial charge in [0, 0.05) is 19.1 Å². The molecular formula is C8H18N2. The van der Waals surface area contributed by atoms with Crippen LogP contribution in [0.3, 0.4) is 0 Å². The Balaban J connectivity index is 2.38. The van der Waals surface area contributed by atoms with E-state index in [2.05, 4.69) is 30.8 Å². The van der Waals surface area contributed by atoms with Crippen LogP contribution in [0.1, 0.15) is 13.3 Å². The molecule has 1 fully saturated rings. The van der Waals surface area contributed by atoms with Gasteiger partial charge in [-0.15, -0.1) is 0 Å². The highest BCUT2D eigenvalue weighted by Crippen LogP contribution is 2.05. The van der Waals surface area contributed by atoms with Crippen LogP contribution in [0, 0.1) is 0 Å². The third-order valence-corrected chi connectivity index (χ3v) is 2.52. The molecule has 1 atom stereocenters. The average Bonchev–Trinajstić information content (AvgIpc) is 2.04. The van der Waals surface area contributed by atoms with E-state index in [-0.39, 0.29) is 0 Å². The van der Waals surface area contributed by atoms with Crippen molar-refractivity contribution in [2.75, 3.05) is 33.7 Å². The lowest BCUT2D eigenvalue weighted by Gasteiger charge is -2.20. The minimum atomic E-state index is 0.768. The van der Waals surface area contributed by atoms with E-state index in [0.717, 1.165) is 6.04 Å². The molecule has 0 aromatic heterocycles. The highest BCUT2D eigenvalue weighted by Gasteiger charge is 2.14. The number of rotatable bonds is 0. The lowest BCUT2D eigenvalue weighted by molar-refractivity contribution is 0.267. The van der Waals surface area contributed by atoms with Gasteiger partial charge in [0.25, 0.3) is 0 Å². The first kappa shape index (κ1) is 8.02. The average molecular weight is 142 g/mol. The molecule has 1 aliphatic rings. The molecule has 1 unspecified atom stereocenters. The Labute approximate surface area is 63.8 Å². The predicted octanol–water partition coefficient (Wildman–Crippen LogP) is 0.642. The summed E-state index contributed by atoms with van der Waals surface area (Å²) in [5.74, 6) is 0. The van der Waals surface area contributed by atoms with Gasteiger partial charge in [0.05, 0.1) is 0 Å². The first-order chi connectivity index (χ1) is 4.70. The van der Waals surface area contributed by atoms with Crippen molar-refractivity contribution in [2.45, 2.75) is 19.4 Å². The monoisotopic (exact) mass is 142 g/mol. The maximum Gasteiger partial charge on any atom is 0.0109 e. The molecule has 0 aromatic rings. The topological polar surface area (TPSA) is 6.48 Å². The second-order valence-corrected chi connectivity index (χ2v) is 3.42. The van der Waals surface area contributed by atoms with Crippen LogP contribution in [-0.4, -0.2) is 49.6 Å². The van der Waals surface area contributed by atoms with Gasteiger partial charge in [-0.2, -0.15) is 0 Å². The standard InChI is InChI=1S/C8H18N2/c1-8-4-5-9(2)6-7-10(8)3/h8H,4-7H2,1-3H3. The lowest BCUT2D eigenvalue weighted by Crippen LogP contribution is -2.30. The molecule has 2 heteroatoms. The quantitative estimate of drug-likeness (QED) is 0.490.